The molecule has 17 heavy (non-hydrogen) atoms. The van der Waals surface area contributed by atoms with Crippen LogP contribution in [-0.2, 0) is 0 Å². The van der Waals surface area contributed by atoms with E-state index in [0.29, 0.717) is 6.04 Å². The first-order chi connectivity index (χ1) is 8.10. The molecule has 0 bridgehead atoms. The molecular formula is C13H17N3S. The van der Waals surface area contributed by atoms with Crippen LogP contribution in [-0.4, -0.2) is 17.0 Å². The van der Waals surface area contributed by atoms with Crippen LogP contribution < -0.4 is 5.32 Å². The van der Waals surface area contributed by atoms with Crippen molar-refractivity contribution < 1.29 is 0 Å². The molecule has 1 N–H and O–H groups in total. The monoisotopic (exact) mass is 247 g/mol. The number of thiazole rings is 1. The van der Waals surface area contributed by atoms with Crippen molar-refractivity contribution in [2.75, 3.05) is 7.05 Å². The number of hydrogen-bond donors (Lipinski definition) is 1. The fourth-order valence-corrected chi connectivity index (χ4v) is 2.62. The molecule has 0 aromatic carbocycles. The third-order valence-corrected chi connectivity index (χ3v) is 3.64. The molecule has 1 unspecified atom stereocenters. The Morgan fingerprint density at radius 2 is 1.82 bits per heavy atom. The molecule has 2 aromatic rings. The van der Waals surface area contributed by atoms with Gasteiger partial charge in [0.05, 0.1) is 5.69 Å². The number of hydrogen-bond acceptors (Lipinski definition) is 4. The van der Waals surface area contributed by atoms with Crippen LogP contribution in [0.3, 0.4) is 0 Å². The highest BCUT2D eigenvalue weighted by Crippen LogP contribution is 2.26. The average molecular weight is 247 g/mol. The Morgan fingerprint density at radius 3 is 2.41 bits per heavy atom. The van der Waals surface area contributed by atoms with Crippen molar-refractivity contribution >= 4 is 11.3 Å². The molecule has 0 aliphatic carbocycles. The lowest BCUT2D eigenvalue weighted by atomic mass is 10.2. The van der Waals surface area contributed by atoms with E-state index in [-0.39, 0.29) is 0 Å². The second-order valence-corrected chi connectivity index (χ2v) is 5.08. The summed E-state index contributed by atoms with van der Waals surface area (Å²) in [6, 6.07) is 4.46. The van der Waals surface area contributed by atoms with E-state index < -0.39 is 0 Å². The summed E-state index contributed by atoms with van der Waals surface area (Å²) in [5.41, 5.74) is 4.34. The van der Waals surface area contributed by atoms with Gasteiger partial charge in [-0.2, -0.15) is 0 Å². The topological polar surface area (TPSA) is 37.8 Å². The molecule has 0 saturated heterocycles. The molecule has 2 heterocycles. The minimum Gasteiger partial charge on any atom is -0.312 e. The van der Waals surface area contributed by atoms with Gasteiger partial charge in [0.25, 0.3) is 0 Å². The molecule has 3 nitrogen and oxygen atoms in total. The molecule has 2 aromatic heterocycles. The molecular weight excluding hydrogens is 230 g/mol. The van der Waals surface area contributed by atoms with Gasteiger partial charge in [0.2, 0.25) is 0 Å². The predicted octanol–water partition coefficient (Wildman–Crippen LogP) is 3.10. The summed E-state index contributed by atoms with van der Waals surface area (Å²) in [6.45, 7) is 6.14. The van der Waals surface area contributed by atoms with Crippen molar-refractivity contribution in [2.45, 2.75) is 26.8 Å². The molecule has 2 rings (SSSR count). The van der Waals surface area contributed by atoms with E-state index in [1.807, 2.05) is 20.9 Å². The Bertz CT molecular complexity index is 499. The molecule has 1 atom stereocenters. The number of nitrogens with zero attached hydrogens (tertiary/aromatic N) is 2. The van der Waals surface area contributed by atoms with E-state index in [0.717, 1.165) is 27.7 Å². The summed E-state index contributed by atoms with van der Waals surface area (Å²) in [7, 11) is 1.95. The Morgan fingerprint density at radius 1 is 1.18 bits per heavy atom. The van der Waals surface area contributed by atoms with Crippen molar-refractivity contribution in [3.8, 4) is 10.6 Å². The van der Waals surface area contributed by atoms with Gasteiger partial charge in [-0.1, -0.05) is 0 Å². The fourth-order valence-electron chi connectivity index (χ4n) is 1.72. The predicted molar refractivity (Wildman–Crippen MR) is 72.3 cm³/mol. The summed E-state index contributed by atoms with van der Waals surface area (Å²) < 4.78 is 0. The van der Waals surface area contributed by atoms with E-state index in [2.05, 4.69) is 39.7 Å². The summed E-state index contributed by atoms with van der Waals surface area (Å²) >= 11 is 1.68. The van der Waals surface area contributed by atoms with Crippen molar-refractivity contribution in [2.24, 2.45) is 0 Å². The van der Waals surface area contributed by atoms with E-state index >= 15 is 0 Å². The second-order valence-electron chi connectivity index (χ2n) is 4.23. The lowest BCUT2D eigenvalue weighted by Gasteiger charge is -2.05. The molecule has 90 valence electrons. The molecule has 0 radical (unpaired) electrons. The first-order valence-corrected chi connectivity index (χ1v) is 6.56. The van der Waals surface area contributed by atoms with Gasteiger partial charge in [0, 0.05) is 28.4 Å². The van der Waals surface area contributed by atoms with Crippen molar-refractivity contribution in [1.82, 2.24) is 15.3 Å². The van der Waals surface area contributed by atoms with Crippen LogP contribution >= 0.6 is 11.3 Å². The van der Waals surface area contributed by atoms with E-state index in [1.165, 1.54) is 0 Å². The van der Waals surface area contributed by atoms with Crippen LogP contribution in [0, 0.1) is 13.8 Å². The quantitative estimate of drug-likeness (QED) is 0.905. The highest BCUT2D eigenvalue weighted by molar-refractivity contribution is 7.13. The van der Waals surface area contributed by atoms with Gasteiger partial charge >= 0.3 is 0 Å². The van der Waals surface area contributed by atoms with Crippen LogP contribution in [0.15, 0.2) is 17.5 Å². The summed E-state index contributed by atoms with van der Waals surface area (Å²) in [5, 5.41) is 6.38. The van der Waals surface area contributed by atoms with Gasteiger partial charge in [-0.3, -0.25) is 4.98 Å². The van der Waals surface area contributed by atoms with Crippen molar-refractivity contribution in [3.05, 3.63) is 34.6 Å². The minimum atomic E-state index is 0.295. The first kappa shape index (κ1) is 12.2. The van der Waals surface area contributed by atoms with Crippen LogP contribution in [0.25, 0.3) is 10.6 Å². The first-order valence-electron chi connectivity index (χ1n) is 5.68. The maximum absolute atomic E-state index is 4.66. The smallest absolute Gasteiger partial charge is 0.123 e. The summed E-state index contributed by atoms with van der Waals surface area (Å²) in [4.78, 5) is 9.04. The van der Waals surface area contributed by atoms with Gasteiger partial charge in [0.1, 0.15) is 5.01 Å². The highest BCUT2D eigenvalue weighted by atomic mass is 32.1. The fraction of sp³-hybridized carbons (Fsp3) is 0.385. The Labute approximate surface area is 106 Å². The largest absolute Gasteiger partial charge is 0.312 e. The lowest BCUT2D eigenvalue weighted by molar-refractivity contribution is 0.637. The normalized spacial score (nSPS) is 12.7. The average Bonchev–Trinajstić information content (AvgIpc) is 2.76. The number of rotatable bonds is 3. The van der Waals surface area contributed by atoms with E-state index in [9.17, 15) is 0 Å². The molecule has 0 saturated carbocycles. The second kappa shape index (κ2) is 4.94. The molecule has 0 amide bonds. The van der Waals surface area contributed by atoms with Crippen molar-refractivity contribution in [1.29, 1.82) is 0 Å². The zero-order chi connectivity index (χ0) is 12.4. The maximum Gasteiger partial charge on any atom is 0.123 e. The minimum absolute atomic E-state index is 0.295. The third kappa shape index (κ3) is 2.70. The van der Waals surface area contributed by atoms with Crippen LogP contribution in [0.4, 0.5) is 0 Å². The number of pyridine rings is 1. The number of aryl methyl sites for hydroxylation is 2. The van der Waals surface area contributed by atoms with Gasteiger partial charge in [-0.05, 0) is 40.0 Å². The Kier molecular flexibility index (Phi) is 3.54. The lowest BCUT2D eigenvalue weighted by Crippen LogP contribution is -2.12. The van der Waals surface area contributed by atoms with Crippen molar-refractivity contribution in [3.63, 3.8) is 0 Å². The molecule has 0 fully saturated rings. The van der Waals surface area contributed by atoms with Gasteiger partial charge in [-0.15, -0.1) is 11.3 Å². The standard InChI is InChI=1S/C13H17N3S/c1-8-5-11(6-9(2)15-8)13-16-12(7-17-13)10(3)14-4/h5-7,10,14H,1-4H3. The maximum atomic E-state index is 4.66. The summed E-state index contributed by atoms with van der Waals surface area (Å²) in [5.74, 6) is 0. The third-order valence-electron chi connectivity index (χ3n) is 2.73. The van der Waals surface area contributed by atoms with E-state index in [4.69, 9.17) is 0 Å². The van der Waals surface area contributed by atoms with E-state index in [1.54, 1.807) is 11.3 Å². The van der Waals surface area contributed by atoms with Crippen LogP contribution in [0.1, 0.15) is 30.0 Å². The molecule has 0 aliphatic heterocycles. The number of aromatic nitrogens is 2. The molecule has 4 heteroatoms. The van der Waals surface area contributed by atoms with Crippen LogP contribution in [0.2, 0.25) is 0 Å². The van der Waals surface area contributed by atoms with Crippen LogP contribution in [0.5, 0.6) is 0 Å². The zero-order valence-corrected chi connectivity index (χ0v) is 11.4. The molecule has 0 spiro atoms. The Balaban J connectivity index is 2.36. The highest BCUT2D eigenvalue weighted by Gasteiger charge is 2.10. The summed E-state index contributed by atoms with van der Waals surface area (Å²) in [6.07, 6.45) is 0. The van der Waals surface area contributed by atoms with Gasteiger partial charge in [0.15, 0.2) is 0 Å². The van der Waals surface area contributed by atoms with Gasteiger partial charge < -0.3 is 5.32 Å². The molecule has 0 aliphatic rings. The number of nitrogens with one attached hydrogen (secondary N) is 1. The Hall–Kier alpha value is -1.26. The SMILES string of the molecule is CNC(C)c1csc(-c2cc(C)nc(C)c2)n1. The zero-order valence-electron chi connectivity index (χ0n) is 10.6. The van der Waals surface area contributed by atoms with Gasteiger partial charge in [-0.25, -0.2) is 4.98 Å².